The highest BCUT2D eigenvalue weighted by atomic mass is 16.5. The summed E-state index contributed by atoms with van der Waals surface area (Å²) in [6, 6.07) is 0. The quantitative estimate of drug-likeness (QED) is 0.725. The number of carboxylic acid groups (broad SMARTS) is 1. The van der Waals surface area contributed by atoms with Crippen LogP contribution in [0, 0.1) is 0 Å². The third-order valence-corrected chi connectivity index (χ3v) is 2.65. The second-order valence-corrected chi connectivity index (χ2v) is 3.88. The van der Waals surface area contributed by atoms with Crippen LogP contribution in [-0.4, -0.2) is 58.1 Å². The fraction of sp³-hybridized carbons (Fsp3) is 0.500. The minimum Gasteiger partial charge on any atom is -0.478 e. The molecule has 0 atom stereocenters. The van der Waals surface area contributed by atoms with Crippen molar-refractivity contribution >= 4 is 11.9 Å². The van der Waals surface area contributed by atoms with Crippen molar-refractivity contribution in [3.63, 3.8) is 0 Å². The molecule has 1 saturated heterocycles. The van der Waals surface area contributed by atoms with Crippen LogP contribution in [0.2, 0.25) is 0 Å². The van der Waals surface area contributed by atoms with Crippen molar-refractivity contribution in [2.75, 3.05) is 26.3 Å². The molecule has 8 heteroatoms. The molecule has 18 heavy (non-hydrogen) atoms. The standard InChI is InChI=1S/C10H14N4O4/c1-13-8(7(6-11-13)10(16)17)9(15)12-14-2-4-18-5-3-14/h6H,2-5H2,1H3,(H,12,15)(H,16,17). The summed E-state index contributed by atoms with van der Waals surface area (Å²) in [7, 11) is 1.53. The van der Waals surface area contributed by atoms with Gasteiger partial charge in [-0.25, -0.2) is 9.80 Å². The van der Waals surface area contributed by atoms with Crippen LogP contribution in [0.25, 0.3) is 0 Å². The predicted octanol–water partition coefficient (Wildman–Crippen LogP) is -0.905. The van der Waals surface area contributed by atoms with Gasteiger partial charge in [0.05, 0.1) is 19.4 Å². The van der Waals surface area contributed by atoms with Crippen molar-refractivity contribution < 1.29 is 19.4 Å². The van der Waals surface area contributed by atoms with Gasteiger partial charge in [0.2, 0.25) is 0 Å². The zero-order valence-electron chi connectivity index (χ0n) is 9.92. The second kappa shape index (κ2) is 5.15. The van der Waals surface area contributed by atoms with E-state index in [1.54, 1.807) is 5.01 Å². The Morgan fingerprint density at radius 3 is 2.72 bits per heavy atom. The normalized spacial score (nSPS) is 16.5. The Hall–Kier alpha value is -1.93. The SMILES string of the molecule is Cn1ncc(C(=O)O)c1C(=O)NN1CCOCC1. The molecule has 0 bridgehead atoms. The lowest BCUT2D eigenvalue weighted by molar-refractivity contribution is 0.0122. The molecule has 2 N–H and O–H groups in total. The summed E-state index contributed by atoms with van der Waals surface area (Å²) in [5.41, 5.74) is 2.58. The highest BCUT2D eigenvalue weighted by Gasteiger charge is 2.23. The largest absolute Gasteiger partial charge is 0.478 e. The lowest BCUT2D eigenvalue weighted by atomic mass is 10.2. The molecule has 8 nitrogen and oxygen atoms in total. The van der Waals surface area contributed by atoms with E-state index in [-0.39, 0.29) is 11.3 Å². The van der Waals surface area contributed by atoms with Crippen molar-refractivity contribution in [3.8, 4) is 0 Å². The lowest BCUT2D eigenvalue weighted by Gasteiger charge is -2.26. The van der Waals surface area contributed by atoms with Crippen LogP contribution in [0.3, 0.4) is 0 Å². The van der Waals surface area contributed by atoms with Crippen molar-refractivity contribution in [1.29, 1.82) is 0 Å². The van der Waals surface area contributed by atoms with Gasteiger partial charge in [-0.15, -0.1) is 0 Å². The Kier molecular flexibility index (Phi) is 3.58. The fourth-order valence-corrected chi connectivity index (χ4v) is 1.74. The van der Waals surface area contributed by atoms with E-state index < -0.39 is 11.9 Å². The molecule has 2 rings (SSSR count). The van der Waals surface area contributed by atoms with Gasteiger partial charge in [-0.2, -0.15) is 5.10 Å². The maximum Gasteiger partial charge on any atom is 0.339 e. The molecule has 1 amide bonds. The minimum atomic E-state index is -1.17. The molecule has 0 radical (unpaired) electrons. The first-order valence-corrected chi connectivity index (χ1v) is 5.48. The van der Waals surface area contributed by atoms with Crippen molar-refractivity contribution in [2.24, 2.45) is 7.05 Å². The molecular formula is C10H14N4O4. The van der Waals surface area contributed by atoms with Gasteiger partial charge in [-0.3, -0.25) is 14.9 Å². The number of amides is 1. The maximum absolute atomic E-state index is 12.0. The van der Waals surface area contributed by atoms with Crippen LogP contribution in [0.1, 0.15) is 20.8 Å². The monoisotopic (exact) mass is 254 g/mol. The number of carbonyl (C=O) groups excluding carboxylic acids is 1. The summed E-state index contributed by atoms with van der Waals surface area (Å²) in [6.07, 6.45) is 1.16. The van der Waals surface area contributed by atoms with Crippen molar-refractivity contribution in [2.45, 2.75) is 0 Å². The number of hydrazine groups is 1. The van der Waals surface area contributed by atoms with E-state index in [9.17, 15) is 9.59 Å². The first kappa shape index (κ1) is 12.5. The Balaban J connectivity index is 2.12. The molecule has 1 fully saturated rings. The number of carboxylic acids is 1. The minimum absolute atomic E-state index is 0.0361. The molecular weight excluding hydrogens is 240 g/mol. The summed E-state index contributed by atoms with van der Waals surface area (Å²) in [4.78, 5) is 23.0. The molecule has 0 aromatic carbocycles. The molecule has 1 aromatic heterocycles. The van der Waals surface area contributed by atoms with Gasteiger partial charge in [0.15, 0.2) is 0 Å². The van der Waals surface area contributed by atoms with Gasteiger partial charge in [-0.1, -0.05) is 0 Å². The first-order chi connectivity index (χ1) is 8.59. The third-order valence-electron chi connectivity index (χ3n) is 2.65. The van der Waals surface area contributed by atoms with Crippen LogP contribution in [0.4, 0.5) is 0 Å². The van der Waals surface area contributed by atoms with Crippen molar-refractivity contribution in [1.82, 2.24) is 20.2 Å². The van der Waals surface area contributed by atoms with Gasteiger partial charge in [0, 0.05) is 20.1 Å². The van der Waals surface area contributed by atoms with E-state index in [2.05, 4.69) is 10.5 Å². The molecule has 1 aliphatic heterocycles. The highest BCUT2D eigenvalue weighted by molar-refractivity contribution is 6.03. The van der Waals surface area contributed by atoms with Gasteiger partial charge in [-0.05, 0) is 0 Å². The van der Waals surface area contributed by atoms with Crippen LogP contribution in [-0.2, 0) is 11.8 Å². The van der Waals surface area contributed by atoms with Gasteiger partial charge in [0.25, 0.3) is 5.91 Å². The zero-order chi connectivity index (χ0) is 13.1. The Morgan fingerprint density at radius 2 is 2.11 bits per heavy atom. The Labute approximate surface area is 103 Å². The van der Waals surface area contributed by atoms with Gasteiger partial charge >= 0.3 is 5.97 Å². The fourth-order valence-electron chi connectivity index (χ4n) is 1.74. The number of morpholine rings is 1. The number of hydrogen-bond acceptors (Lipinski definition) is 5. The molecule has 1 aliphatic rings. The smallest absolute Gasteiger partial charge is 0.339 e. The molecule has 1 aromatic rings. The molecule has 2 heterocycles. The van der Waals surface area contributed by atoms with E-state index in [1.165, 1.54) is 11.7 Å². The topological polar surface area (TPSA) is 96.7 Å². The highest BCUT2D eigenvalue weighted by Crippen LogP contribution is 2.08. The van der Waals surface area contributed by atoms with E-state index in [1.807, 2.05) is 0 Å². The Morgan fingerprint density at radius 1 is 1.44 bits per heavy atom. The number of hydrogen-bond donors (Lipinski definition) is 2. The average molecular weight is 254 g/mol. The van der Waals surface area contributed by atoms with Crippen LogP contribution in [0.15, 0.2) is 6.20 Å². The zero-order valence-corrected chi connectivity index (χ0v) is 9.92. The van der Waals surface area contributed by atoms with Crippen LogP contribution >= 0.6 is 0 Å². The third kappa shape index (κ3) is 2.49. The van der Waals surface area contributed by atoms with E-state index >= 15 is 0 Å². The summed E-state index contributed by atoms with van der Waals surface area (Å²) in [5.74, 6) is -1.65. The first-order valence-electron chi connectivity index (χ1n) is 5.48. The van der Waals surface area contributed by atoms with Crippen LogP contribution < -0.4 is 5.43 Å². The van der Waals surface area contributed by atoms with Gasteiger partial charge < -0.3 is 9.84 Å². The number of aromatic carboxylic acids is 1. The number of nitrogens with one attached hydrogen (secondary N) is 1. The van der Waals surface area contributed by atoms with E-state index in [0.717, 1.165) is 6.20 Å². The van der Waals surface area contributed by atoms with Gasteiger partial charge in [0.1, 0.15) is 11.3 Å². The number of aryl methyl sites for hydroxylation is 1. The number of rotatable bonds is 3. The Bertz CT molecular complexity index is 464. The number of ether oxygens (including phenoxy) is 1. The predicted molar refractivity (Wildman–Crippen MR) is 60.0 cm³/mol. The summed E-state index contributed by atoms with van der Waals surface area (Å²) < 4.78 is 6.40. The maximum atomic E-state index is 12.0. The lowest BCUT2D eigenvalue weighted by Crippen LogP contribution is -2.49. The van der Waals surface area contributed by atoms with E-state index in [4.69, 9.17) is 9.84 Å². The molecule has 0 aliphatic carbocycles. The summed E-state index contributed by atoms with van der Waals surface area (Å²) in [6.45, 7) is 2.23. The molecule has 0 spiro atoms. The second-order valence-electron chi connectivity index (χ2n) is 3.88. The molecule has 98 valence electrons. The average Bonchev–Trinajstić information content (AvgIpc) is 2.72. The molecule has 0 saturated carbocycles. The number of nitrogens with zero attached hydrogens (tertiary/aromatic N) is 3. The van der Waals surface area contributed by atoms with Crippen molar-refractivity contribution in [3.05, 3.63) is 17.5 Å². The summed E-state index contributed by atoms with van der Waals surface area (Å²) >= 11 is 0. The molecule has 0 unspecified atom stereocenters. The van der Waals surface area contributed by atoms with Crippen LogP contribution in [0.5, 0.6) is 0 Å². The number of carbonyl (C=O) groups is 2. The van der Waals surface area contributed by atoms with E-state index in [0.29, 0.717) is 26.3 Å². The number of aromatic nitrogens is 2. The summed E-state index contributed by atoms with van der Waals surface area (Å²) in [5, 5.41) is 14.4.